The topological polar surface area (TPSA) is 56.7 Å². The summed E-state index contributed by atoms with van der Waals surface area (Å²) in [5.74, 6) is 0. The zero-order valence-electron chi connectivity index (χ0n) is 11.8. The van der Waals surface area contributed by atoms with Gasteiger partial charge in [-0.3, -0.25) is 9.67 Å². The van der Waals surface area contributed by atoms with Gasteiger partial charge >= 0.3 is 6.18 Å². The van der Waals surface area contributed by atoms with Crippen molar-refractivity contribution in [3.8, 4) is 0 Å². The minimum absolute atomic E-state index is 0.209. The van der Waals surface area contributed by atoms with Crippen LogP contribution in [0.2, 0.25) is 5.02 Å². The second-order valence-electron chi connectivity index (χ2n) is 5.02. The van der Waals surface area contributed by atoms with Crippen molar-refractivity contribution in [2.45, 2.75) is 19.3 Å². The fourth-order valence-electron chi connectivity index (χ4n) is 2.39. The standard InChI is InChI=1S/C15H12ClF3N4/c16-11-6-21-7-13-14(11)12(5-20)22-23(13)8-9-1-3-10(4-2-9)15(17,18)19/h1-4,6-7H,5,8,20H2. The molecule has 1 aromatic carbocycles. The highest BCUT2D eigenvalue weighted by Gasteiger charge is 2.29. The van der Waals surface area contributed by atoms with Crippen LogP contribution in [0.1, 0.15) is 16.8 Å². The quantitative estimate of drug-likeness (QED) is 0.792. The molecule has 3 aromatic rings. The third kappa shape index (κ3) is 3.02. The molecule has 8 heteroatoms. The maximum atomic E-state index is 12.6. The summed E-state index contributed by atoms with van der Waals surface area (Å²) in [6.45, 7) is 0.511. The Hall–Kier alpha value is -2.12. The van der Waals surface area contributed by atoms with Gasteiger partial charge in [0, 0.05) is 18.1 Å². The summed E-state index contributed by atoms with van der Waals surface area (Å²) in [5.41, 5.74) is 7.00. The molecule has 0 fully saturated rings. The van der Waals surface area contributed by atoms with Crippen molar-refractivity contribution in [2.24, 2.45) is 5.73 Å². The molecule has 0 aliphatic carbocycles. The highest BCUT2D eigenvalue weighted by atomic mass is 35.5. The van der Waals surface area contributed by atoms with E-state index in [0.717, 1.165) is 17.5 Å². The minimum atomic E-state index is -4.35. The van der Waals surface area contributed by atoms with Crippen molar-refractivity contribution in [3.63, 3.8) is 0 Å². The van der Waals surface area contributed by atoms with Crippen molar-refractivity contribution in [2.75, 3.05) is 0 Å². The first-order chi connectivity index (χ1) is 10.9. The van der Waals surface area contributed by atoms with Crippen LogP contribution >= 0.6 is 11.6 Å². The lowest BCUT2D eigenvalue weighted by molar-refractivity contribution is -0.137. The summed E-state index contributed by atoms with van der Waals surface area (Å²) in [6.07, 6.45) is -1.23. The highest BCUT2D eigenvalue weighted by Crippen LogP contribution is 2.30. The molecule has 0 unspecified atom stereocenters. The molecule has 2 aromatic heterocycles. The average molecular weight is 341 g/mol. The summed E-state index contributed by atoms with van der Waals surface area (Å²) in [6, 6.07) is 4.96. The van der Waals surface area contributed by atoms with Gasteiger partial charge in [0.2, 0.25) is 0 Å². The van der Waals surface area contributed by atoms with E-state index in [0.29, 0.717) is 28.3 Å². The lowest BCUT2D eigenvalue weighted by atomic mass is 10.1. The highest BCUT2D eigenvalue weighted by molar-refractivity contribution is 6.35. The molecule has 4 nitrogen and oxygen atoms in total. The van der Waals surface area contributed by atoms with Crippen LogP contribution in [-0.2, 0) is 19.3 Å². The largest absolute Gasteiger partial charge is 0.416 e. The molecule has 0 atom stereocenters. The Morgan fingerprint density at radius 2 is 1.83 bits per heavy atom. The van der Waals surface area contributed by atoms with Gasteiger partial charge in [-0.15, -0.1) is 0 Å². The number of hydrogen-bond donors (Lipinski definition) is 1. The first-order valence-corrected chi connectivity index (χ1v) is 7.13. The predicted octanol–water partition coefficient (Wildman–Crippen LogP) is 3.61. The van der Waals surface area contributed by atoms with E-state index in [1.165, 1.54) is 18.3 Å². The Bertz CT molecular complexity index is 840. The van der Waals surface area contributed by atoms with Gasteiger partial charge in [0.05, 0.1) is 34.5 Å². The lowest BCUT2D eigenvalue weighted by Crippen LogP contribution is -2.06. The number of rotatable bonds is 3. The van der Waals surface area contributed by atoms with Crippen LogP contribution in [0.4, 0.5) is 13.2 Å². The molecular formula is C15H12ClF3N4. The van der Waals surface area contributed by atoms with Crippen LogP contribution in [0.3, 0.4) is 0 Å². The van der Waals surface area contributed by atoms with Gasteiger partial charge in [0.25, 0.3) is 0 Å². The van der Waals surface area contributed by atoms with Crippen LogP contribution in [0, 0.1) is 0 Å². The van der Waals surface area contributed by atoms with Gasteiger partial charge in [0.1, 0.15) is 0 Å². The number of benzene rings is 1. The first-order valence-electron chi connectivity index (χ1n) is 6.75. The number of pyridine rings is 1. The van der Waals surface area contributed by atoms with E-state index in [1.54, 1.807) is 10.9 Å². The van der Waals surface area contributed by atoms with E-state index >= 15 is 0 Å². The predicted molar refractivity (Wildman–Crippen MR) is 81.0 cm³/mol. The van der Waals surface area contributed by atoms with Gasteiger partial charge in [-0.25, -0.2) is 0 Å². The Morgan fingerprint density at radius 3 is 2.43 bits per heavy atom. The zero-order valence-corrected chi connectivity index (χ0v) is 12.6. The Labute approximate surface area is 134 Å². The molecule has 0 radical (unpaired) electrons. The molecule has 23 heavy (non-hydrogen) atoms. The average Bonchev–Trinajstić information content (AvgIpc) is 2.86. The number of aromatic nitrogens is 3. The molecule has 2 N–H and O–H groups in total. The number of nitrogens with zero attached hydrogens (tertiary/aromatic N) is 3. The molecule has 0 aliphatic rings. The van der Waals surface area contributed by atoms with E-state index in [1.807, 2.05) is 0 Å². The molecular weight excluding hydrogens is 329 g/mol. The summed E-state index contributed by atoms with van der Waals surface area (Å²) in [7, 11) is 0. The second kappa shape index (κ2) is 5.82. The van der Waals surface area contributed by atoms with E-state index in [-0.39, 0.29) is 6.54 Å². The van der Waals surface area contributed by atoms with Crippen LogP contribution in [0.5, 0.6) is 0 Å². The van der Waals surface area contributed by atoms with Gasteiger partial charge in [-0.05, 0) is 17.7 Å². The van der Waals surface area contributed by atoms with Gasteiger partial charge in [-0.1, -0.05) is 23.7 Å². The number of fused-ring (bicyclic) bond motifs is 1. The molecule has 120 valence electrons. The third-order valence-electron chi connectivity index (χ3n) is 3.49. The number of nitrogens with two attached hydrogens (primary N) is 1. The molecule has 0 bridgehead atoms. The van der Waals surface area contributed by atoms with Crippen molar-refractivity contribution in [1.29, 1.82) is 0 Å². The van der Waals surface area contributed by atoms with Crippen molar-refractivity contribution >= 4 is 22.5 Å². The normalized spacial score (nSPS) is 12.0. The summed E-state index contributed by atoms with van der Waals surface area (Å²) < 4.78 is 39.4. The molecule has 2 heterocycles. The van der Waals surface area contributed by atoms with Gasteiger partial charge < -0.3 is 5.73 Å². The fourth-order valence-corrected chi connectivity index (χ4v) is 2.65. The minimum Gasteiger partial charge on any atom is -0.325 e. The van der Waals surface area contributed by atoms with Gasteiger partial charge in [-0.2, -0.15) is 18.3 Å². The third-order valence-corrected chi connectivity index (χ3v) is 3.78. The maximum absolute atomic E-state index is 12.6. The van der Waals surface area contributed by atoms with E-state index in [9.17, 15) is 13.2 Å². The van der Waals surface area contributed by atoms with E-state index < -0.39 is 11.7 Å². The van der Waals surface area contributed by atoms with Crippen LogP contribution in [0.15, 0.2) is 36.7 Å². The lowest BCUT2D eigenvalue weighted by Gasteiger charge is -2.08. The zero-order chi connectivity index (χ0) is 16.6. The van der Waals surface area contributed by atoms with E-state index in [2.05, 4.69) is 10.1 Å². The van der Waals surface area contributed by atoms with Crippen LogP contribution < -0.4 is 5.73 Å². The van der Waals surface area contributed by atoms with Crippen LogP contribution in [0.25, 0.3) is 10.9 Å². The van der Waals surface area contributed by atoms with Crippen LogP contribution in [-0.4, -0.2) is 14.8 Å². The number of alkyl halides is 3. The maximum Gasteiger partial charge on any atom is 0.416 e. The Kier molecular flexibility index (Phi) is 3.99. The summed E-state index contributed by atoms with van der Waals surface area (Å²) in [5, 5.41) is 5.54. The molecule has 0 aliphatic heterocycles. The second-order valence-corrected chi connectivity index (χ2v) is 5.43. The molecule has 0 spiro atoms. The molecule has 0 saturated carbocycles. The SMILES string of the molecule is NCc1nn(Cc2ccc(C(F)(F)F)cc2)c2cncc(Cl)c12. The Balaban J connectivity index is 1.97. The van der Waals surface area contributed by atoms with Crippen molar-refractivity contribution in [3.05, 3.63) is 58.5 Å². The first kappa shape index (κ1) is 15.8. The number of halogens is 4. The summed E-state index contributed by atoms with van der Waals surface area (Å²) in [4.78, 5) is 4.03. The van der Waals surface area contributed by atoms with Gasteiger partial charge in [0.15, 0.2) is 0 Å². The van der Waals surface area contributed by atoms with Crippen molar-refractivity contribution in [1.82, 2.24) is 14.8 Å². The monoisotopic (exact) mass is 340 g/mol. The molecule has 0 saturated heterocycles. The fraction of sp³-hybridized carbons (Fsp3) is 0.200. The smallest absolute Gasteiger partial charge is 0.325 e. The molecule has 3 rings (SSSR count). The van der Waals surface area contributed by atoms with E-state index in [4.69, 9.17) is 17.3 Å². The van der Waals surface area contributed by atoms with Crippen molar-refractivity contribution < 1.29 is 13.2 Å². The molecule has 0 amide bonds. The summed E-state index contributed by atoms with van der Waals surface area (Å²) >= 11 is 6.13. The Morgan fingerprint density at radius 1 is 1.13 bits per heavy atom. The number of hydrogen-bond acceptors (Lipinski definition) is 3.